The number of furan rings is 6. The van der Waals surface area contributed by atoms with E-state index < -0.39 is 130 Å². The van der Waals surface area contributed by atoms with E-state index in [1.807, 2.05) is 26.0 Å². The van der Waals surface area contributed by atoms with Crippen LogP contribution in [0.15, 0.2) is 285 Å². The van der Waals surface area contributed by atoms with Crippen molar-refractivity contribution < 1.29 is 131 Å². The van der Waals surface area contributed by atoms with Gasteiger partial charge in [-0.3, -0.25) is 66.0 Å². The minimum Gasteiger partial charge on any atom is -0.443 e. The smallest absolute Gasteiger partial charge is 0.239 e. The average Bonchev–Trinajstić information content (AvgIpc) is 1.63. The number of carbonyl (C=O) groups excluding carboxylic acids is 12. The Morgan fingerprint density at radius 1 is 0.256 bits per heavy atom. The van der Waals surface area contributed by atoms with Crippen LogP contribution in [0.2, 0.25) is 0 Å². The second-order valence-corrected chi connectivity index (χ2v) is 38.0. The number of carbonyl (C=O) groups is 12. The number of hydrogen-bond donors (Lipinski definition) is 0. The van der Waals surface area contributed by atoms with Crippen molar-refractivity contribution in [3.8, 4) is 0 Å². The lowest BCUT2D eigenvalue weighted by Crippen LogP contribution is -2.19. The van der Waals surface area contributed by atoms with Crippen molar-refractivity contribution in [2.45, 2.75) is 54.2 Å². The Hall–Kier alpha value is -14.4. The summed E-state index contributed by atoms with van der Waals surface area (Å²) in [5, 5.41) is -0.923. The second kappa shape index (κ2) is 32.8. The molecule has 20 rings (SSSR count). The standard InChI is InChI=1S/C19H12O5S.C19H12O4S.C13H7FO5S.C13H7FO4S.C13H8O5S.C13H8O4S/c1-11-6-8-12(9-7-11)25(22,23)16-10-15-17(20)13-4-2-3-5-14(13)18(21)19(15)24-16;1-11-6-8-12(9-7-11)24(22)16-10-15-17(20)13-4-2-3-5-14(13)18(21)19(15)23-16;1-20(17,18)10-5-9-11(15)7-3-2-6(14)4-8(7)12(16)13(9)19-10;1-19(17)10-5-9-11(15)7-3-2-6(14)4-8(7)12(16)13(9)18-10;1-19(16,17)10-6-9-11(14)7-4-2-3-5-8(7)12(15)13(9)18-10;1-18(16)10-6-9-11(14)7-4-2-3-5-8(7)12(15)13(9)17-10/h2-10H,1H3;2-10H,1H3;2-5H,1H3;2-5H,1H3;2-6H,1H3;2-6H,1H3. The van der Waals surface area contributed by atoms with Crippen LogP contribution in [0.1, 0.15) is 203 Å². The maximum absolute atomic E-state index is 13.2. The highest BCUT2D eigenvalue weighted by Crippen LogP contribution is 2.39. The number of sulfone groups is 3. The number of halogens is 2. The van der Waals surface area contributed by atoms with Crippen LogP contribution in [-0.4, -0.2) is 132 Å². The molecule has 6 aliphatic carbocycles. The monoisotopic (exact) mass is 1800 g/mol. The number of hydrogen-bond acceptors (Lipinski definition) is 27. The van der Waals surface area contributed by atoms with Crippen molar-refractivity contribution in [3.63, 3.8) is 0 Å². The predicted molar refractivity (Wildman–Crippen MR) is 435 cm³/mol. The lowest BCUT2D eigenvalue weighted by atomic mass is 9.88. The summed E-state index contributed by atoms with van der Waals surface area (Å²) < 4.78 is 164. The van der Waals surface area contributed by atoms with Gasteiger partial charge in [0.2, 0.25) is 79.5 Å². The molecule has 0 amide bonds. The normalized spacial score (nSPS) is 14.3. The van der Waals surface area contributed by atoms with Gasteiger partial charge in [0.1, 0.15) is 22.4 Å². The molecule has 125 heavy (non-hydrogen) atoms. The van der Waals surface area contributed by atoms with Gasteiger partial charge in [-0.25, -0.2) is 38.2 Å². The Kier molecular flexibility index (Phi) is 22.5. The minimum absolute atomic E-state index is 0.00382. The van der Waals surface area contributed by atoms with Gasteiger partial charge in [-0.1, -0.05) is 132 Å². The summed E-state index contributed by atoms with van der Waals surface area (Å²) in [5.74, 6) is -7.56. The molecule has 35 heteroatoms. The van der Waals surface area contributed by atoms with Gasteiger partial charge in [0.05, 0.1) is 59.9 Å². The molecule has 8 aromatic carbocycles. The van der Waals surface area contributed by atoms with Gasteiger partial charge in [-0.15, -0.1) is 0 Å². The molecule has 6 heterocycles. The van der Waals surface area contributed by atoms with Crippen LogP contribution in [0, 0.1) is 25.5 Å². The topological polar surface area (TPSA) is 437 Å². The van der Waals surface area contributed by atoms with Crippen LogP contribution in [0.25, 0.3) is 0 Å². The van der Waals surface area contributed by atoms with E-state index in [1.54, 1.807) is 103 Å². The number of rotatable bonds is 8. The summed E-state index contributed by atoms with van der Waals surface area (Å²) in [7, 11) is -15.6. The molecule has 0 fully saturated rings. The molecule has 6 aliphatic rings. The summed E-state index contributed by atoms with van der Waals surface area (Å²) >= 11 is 0. The Labute approximate surface area is 712 Å². The van der Waals surface area contributed by atoms with Gasteiger partial charge in [-0.05, 0) is 74.5 Å². The summed E-state index contributed by atoms with van der Waals surface area (Å²) in [5.41, 5.74) is 4.62. The lowest BCUT2D eigenvalue weighted by Gasteiger charge is -2.12. The van der Waals surface area contributed by atoms with Crippen molar-refractivity contribution in [1.29, 1.82) is 0 Å². The minimum atomic E-state index is -3.96. The number of aryl methyl sites for hydroxylation is 2. The first-order chi connectivity index (χ1) is 59.2. The van der Waals surface area contributed by atoms with Gasteiger partial charge < -0.3 is 26.5 Å². The molecule has 0 spiro atoms. The molecule has 0 saturated heterocycles. The first kappa shape index (κ1) is 85.6. The molecule has 3 atom stereocenters. The average molecular weight is 1800 g/mol. The SMILES string of the molecule is CS(=O)(=O)c1cc2c(o1)C(=O)c1cc(F)ccc1C2=O.CS(=O)(=O)c1cc2c(o1)C(=O)c1ccccc1C2=O.CS(=O)c1cc2c(o1)C(=O)c1cc(F)ccc1C2=O.CS(=O)c1cc2c(o1)C(=O)c1ccccc1C2=O.Cc1ccc(S(=O)(=O)c2cc3c(o2)C(=O)c2ccccc2C3=O)cc1.Cc1ccc(S(=O)c2cc3c(o2)C(=O)c2ccccc2C3=O)cc1. The maximum Gasteiger partial charge on any atom is 0.239 e. The number of fused-ring (bicyclic) bond motifs is 12. The number of benzene rings is 8. The van der Waals surface area contributed by atoms with Crippen LogP contribution < -0.4 is 0 Å². The highest BCUT2D eigenvalue weighted by atomic mass is 32.2. The maximum atomic E-state index is 13.2. The third-order valence-electron chi connectivity index (χ3n) is 19.9. The summed E-state index contributed by atoms with van der Waals surface area (Å²) in [6.07, 6.45) is 4.68. The molecule has 27 nitrogen and oxygen atoms in total. The van der Waals surface area contributed by atoms with Crippen LogP contribution in [0.5, 0.6) is 0 Å². The Morgan fingerprint density at radius 2 is 0.496 bits per heavy atom. The van der Waals surface area contributed by atoms with Crippen LogP contribution >= 0.6 is 0 Å². The summed E-state index contributed by atoms with van der Waals surface area (Å²) in [6, 6.07) is 53.3. The van der Waals surface area contributed by atoms with Crippen molar-refractivity contribution in [2.75, 3.05) is 25.0 Å². The van der Waals surface area contributed by atoms with E-state index in [0.29, 0.717) is 27.1 Å². The lowest BCUT2D eigenvalue weighted by molar-refractivity contribution is 0.0956. The van der Waals surface area contributed by atoms with Gasteiger partial charge in [0.15, 0.2) is 84.5 Å². The van der Waals surface area contributed by atoms with E-state index in [0.717, 1.165) is 66.1 Å². The van der Waals surface area contributed by atoms with E-state index in [9.17, 15) is 104 Å². The fourth-order valence-corrected chi connectivity index (χ4v) is 17.9. The quantitative estimate of drug-likeness (QED) is 0.136. The molecule has 0 radical (unpaired) electrons. The molecular weight excluding hydrogens is 1740 g/mol. The third kappa shape index (κ3) is 15.8. The molecule has 14 aromatic rings. The van der Waals surface area contributed by atoms with Gasteiger partial charge >= 0.3 is 0 Å². The van der Waals surface area contributed by atoms with Crippen molar-refractivity contribution in [2.24, 2.45) is 0 Å². The molecule has 0 aliphatic heterocycles. The Bertz CT molecular complexity index is 7420. The van der Waals surface area contributed by atoms with E-state index in [1.165, 1.54) is 73.2 Å². The highest BCUT2D eigenvalue weighted by molar-refractivity contribution is 7.91. The van der Waals surface area contributed by atoms with E-state index >= 15 is 0 Å². The zero-order valence-electron chi connectivity index (χ0n) is 65.0. The molecule has 3 unspecified atom stereocenters. The Balaban J connectivity index is 0.000000116. The molecular formula is C90H54F2O27S6. The van der Waals surface area contributed by atoms with Crippen molar-refractivity contribution in [3.05, 3.63) is 376 Å². The van der Waals surface area contributed by atoms with Gasteiger partial charge in [0, 0.05) is 133 Å². The first-order valence-electron chi connectivity index (χ1n) is 36.4. The zero-order chi connectivity index (χ0) is 89.6. The number of ketones is 12. The summed E-state index contributed by atoms with van der Waals surface area (Å²) in [6.45, 7) is 3.78. The summed E-state index contributed by atoms with van der Waals surface area (Å²) in [4.78, 5) is 148. The fraction of sp³-hybridized carbons (Fsp3) is 0.0667. The van der Waals surface area contributed by atoms with Crippen molar-refractivity contribution in [1.82, 2.24) is 0 Å². The first-order valence-corrected chi connectivity index (χ1v) is 46.0. The fourth-order valence-electron chi connectivity index (χ4n) is 13.6. The van der Waals surface area contributed by atoms with E-state index in [2.05, 4.69) is 0 Å². The van der Waals surface area contributed by atoms with Crippen LogP contribution in [-0.2, 0) is 61.9 Å². The second-order valence-electron chi connectivity index (χ2n) is 28.2. The van der Waals surface area contributed by atoms with Gasteiger partial charge in [0.25, 0.3) is 0 Å². The van der Waals surface area contributed by atoms with Crippen molar-refractivity contribution >= 4 is 131 Å². The largest absolute Gasteiger partial charge is 0.443 e. The highest BCUT2D eigenvalue weighted by Gasteiger charge is 2.42. The van der Waals surface area contributed by atoms with Crippen LogP contribution in [0.4, 0.5) is 8.78 Å². The molecule has 0 saturated carbocycles. The van der Waals surface area contributed by atoms with Gasteiger partial charge in [-0.2, -0.15) is 0 Å². The van der Waals surface area contributed by atoms with Crippen LogP contribution in [0.3, 0.4) is 0 Å². The molecule has 0 bridgehead atoms. The van der Waals surface area contributed by atoms with E-state index in [-0.39, 0.29) is 161 Å². The predicted octanol–water partition coefficient (Wildman–Crippen LogP) is 13.5. The third-order valence-corrected chi connectivity index (χ3v) is 26.2. The molecule has 6 aromatic heterocycles. The molecule has 0 N–H and O–H groups in total. The van der Waals surface area contributed by atoms with E-state index in [4.69, 9.17) is 26.5 Å². The Morgan fingerprint density at radius 3 is 0.800 bits per heavy atom. The molecule has 626 valence electrons. The zero-order valence-corrected chi connectivity index (χ0v) is 69.9.